The third-order valence-electron chi connectivity index (χ3n) is 2.91. The van der Waals surface area contributed by atoms with Crippen molar-refractivity contribution >= 4 is 11.8 Å². The molecule has 0 amide bonds. The van der Waals surface area contributed by atoms with E-state index in [1.807, 2.05) is 13.8 Å². The predicted octanol–water partition coefficient (Wildman–Crippen LogP) is 1.60. The van der Waals surface area contributed by atoms with Crippen molar-refractivity contribution in [1.29, 1.82) is 0 Å². The minimum Gasteiger partial charge on any atom is -0.459 e. The summed E-state index contributed by atoms with van der Waals surface area (Å²) in [6.45, 7) is 4.78. The van der Waals surface area contributed by atoms with E-state index in [-0.39, 0.29) is 18.5 Å². The average Bonchev–Trinajstić information content (AvgIpc) is 2.87. The van der Waals surface area contributed by atoms with E-state index in [4.69, 9.17) is 4.74 Å². The van der Waals surface area contributed by atoms with Gasteiger partial charge in [-0.3, -0.25) is 4.68 Å². The Labute approximate surface area is 123 Å². The highest BCUT2D eigenvalue weighted by atomic mass is 16.5. The molecular weight excluding hydrogens is 270 g/mol. The summed E-state index contributed by atoms with van der Waals surface area (Å²) in [7, 11) is 1.74. The van der Waals surface area contributed by atoms with Gasteiger partial charge in [0.25, 0.3) is 0 Å². The van der Waals surface area contributed by atoms with Gasteiger partial charge in [0.1, 0.15) is 18.1 Å². The van der Waals surface area contributed by atoms with Gasteiger partial charge in [-0.15, -0.1) is 5.10 Å². The van der Waals surface area contributed by atoms with Gasteiger partial charge < -0.3 is 10.1 Å². The van der Waals surface area contributed by atoms with E-state index in [1.165, 1.54) is 0 Å². The molecule has 0 aromatic carbocycles. The molecular formula is C14H19N5O2. The van der Waals surface area contributed by atoms with Crippen LogP contribution < -0.4 is 5.32 Å². The molecule has 7 nitrogen and oxygen atoms in total. The maximum Gasteiger partial charge on any atom is 0.356 e. The zero-order valence-corrected chi connectivity index (χ0v) is 12.4. The van der Waals surface area contributed by atoms with Gasteiger partial charge in [0.2, 0.25) is 0 Å². The van der Waals surface area contributed by atoms with Crippen LogP contribution in [-0.4, -0.2) is 39.1 Å². The Bertz CT molecular complexity index is 595. The predicted molar refractivity (Wildman–Crippen MR) is 78.1 cm³/mol. The number of aromatic nitrogens is 4. The highest BCUT2D eigenvalue weighted by molar-refractivity contribution is 5.87. The Hall–Kier alpha value is -2.44. The highest BCUT2D eigenvalue weighted by Gasteiger charge is 2.15. The molecule has 0 spiro atoms. The molecule has 0 bridgehead atoms. The molecule has 0 saturated carbocycles. The maximum atomic E-state index is 12.0. The molecule has 0 radical (unpaired) electrons. The van der Waals surface area contributed by atoms with Crippen molar-refractivity contribution in [3.05, 3.63) is 35.8 Å². The quantitative estimate of drug-likeness (QED) is 0.642. The largest absolute Gasteiger partial charge is 0.459 e. The maximum absolute atomic E-state index is 12.0. The summed E-state index contributed by atoms with van der Waals surface area (Å²) in [6, 6.07) is 5.35. The fraction of sp³-hybridized carbons (Fsp3) is 0.429. The van der Waals surface area contributed by atoms with Gasteiger partial charge in [-0.25, -0.2) is 4.79 Å². The lowest BCUT2D eigenvalue weighted by molar-refractivity contribution is 0.0508. The Kier molecular flexibility index (Phi) is 4.86. The number of carbonyl (C=O) groups excluding carboxylic acids is 1. The van der Waals surface area contributed by atoms with Gasteiger partial charge in [-0.05, 0) is 24.1 Å². The summed E-state index contributed by atoms with van der Waals surface area (Å²) in [5, 5.41) is 14.9. The zero-order chi connectivity index (χ0) is 15.2. The second kappa shape index (κ2) is 6.83. The lowest BCUT2D eigenvalue weighted by Gasteiger charge is -2.06. The first-order chi connectivity index (χ1) is 10.1. The number of ether oxygens (including phenoxy) is 1. The number of anilines is 1. The van der Waals surface area contributed by atoms with E-state index in [0.29, 0.717) is 18.1 Å². The number of nitrogens with zero attached hydrogens (tertiary/aromatic N) is 4. The number of carbonyl (C=O) groups is 1. The molecule has 0 aliphatic carbocycles. The van der Waals surface area contributed by atoms with Gasteiger partial charge in [-0.2, -0.15) is 10.2 Å². The van der Waals surface area contributed by atoms with Crippen LogP contribution in [0, 0.1) is 0 Å². The van der Waals surface area contributed by atoms with E-state index in [1.54, 1.807) is 36.1 Å². The fourth-order valence-corrected chi connectivity index (χ4v) is 1.76. The van der Waals surface area contributed by atoms with Crippen LogP contribution in [0.15, 0.2) is 24.4 Å². The molecule has 0 saturated heterocycles. The molecule has 112 valence electrons. The standard InChI is InChI=1S/C14H19N5O2/c1-10(2)11-9-12(19(3)18-11)14(20)21-8-7-15-13-5-4-6-16-17-13/h4-6,9-10H,7-8H2,1-3H3,(H,15,17). The van der Waals surface area contributed by atoms with Gasteiger partial charge >= 0.3 is 5.97 Å². The van der Waals surface area contributed by atoms with Crippen molar-refractivity contribution in [3.63, 3.8) is 0 Å². The molecule has 0 atom stereocenters. The number of rotatable bonds is 6. The minimum atomic E-state index is -0.377. The second-order valence-electron chi connectivity index (χ2n) is 4.90. The van der Waals surface area contributed by atoms with Gasteiger partial charge in [0, 0.05) is 13.2 Å². The normalized spacial score (nSPS) is 10.7. The first-order valence-corrected chi connectivity index (χ1v) is 6.80. The molecule has 2 rings (SSSR count). The van der Waals surface area contributed by atoms with Crippen molar-refractivity contribution < 1.29 is 9.53 Å². The summed E-state index contributed by atoms with van der Waals surface area (Å²) in [6.07, 6.45) is 1.60. The number of esters is 1. The topological polar surface area (TPSA) is 81.9 Å². The van der Waals surface area contributed by atoms with Gasteiger partial charge in [0.15, 0.2) is 0 Å². The molecule has 7 heteroatoms. The van der Waals surface area contributed by atoms with Crippen LogP contribution in [0.4, 0.5) is 5.82 Å². The van der Waals surface area contributed by atoms with E-state index >= 15 is 0 Å². The molecule has 0 aliphatic rings. The minimum absolute atomic E-state index is 0.248. The average molecular weight is 289 g/mol. The van der Waals surface area contributed by atoms with Crippen LogP contribution in [0.25, 0.3) is 0 Å². The molecule has 1 N–H and O–H groups in total. The number of nitrogens with one attached hydrogen (secondary N) is 1. The van der Waals surface area contributed by atoms with Crippen molar-refractivity contribution in [3.8, 4) is 0 Å². The third-order valence-corrected chi connectivity index (χ3v) is 2.91. The Morgan fingerprint density at radius 3 is 2.90 bits per heavy atom. The molecule has 0 unspecified atom stereocenters. The zero-order valence-electron chi connectivity index (χ0n) is 12.4. The van der Waals surface area contributed by atoms with Crippen molar-refractivity contribution in [2.24, 2.45) is 7.05 Å². The number of hydrogen-bond donors (Lipinski definition) is 1. The van der Waals surface area contributed by atoms with Crippen molar-refractivity contribution in [2.45, 2.75) is 19.8 Å². The highest BCUT2D eigenvalue weighted by Crippen LogP contribution is 2.14. The Morgan fingerprint density at radius 1 is 1.48 bits per heavy atom. The Morgan fingerprint density at radius 2 is 2.29 bits per heavy atom. The van der Waals surface area contributed by atoms with Crippen LogP contribution in [0.2, 0.25) is 0 Å². The molecule has 0 aliphatic heterocycles. The summed E-state index contributed by atoms with van der Waals surface area (Å²) < 4.78 is 6.76. The smallest absolute Gasteiger partial charge is 0.356 e. The monoisotopic (exact) mass is 289 g/mol. The van der Waals surface area contributed by atoms with Crippen LogP contribution in [0.5, 0.6) is 0 Å². The van der Waals surface area contributed by atoms with Gasteiger partial charge in [0.05, 0.1) is 12.2 Å². The Balaban J connectivity index is 1.82. The summed E-state index contributed by atoms with van der Waals surface area (Å²) in [5.74, 6) is 0.546. The van der Waals surface area contributed by atoms with Crippen LogP contribution in [0.3, 0.4) is 0 Å². The van der Waals surface area contributed by atoms with Crippen LogP contribution in [-0.2, 0) is 11.8 Å². The van der Waals surface area contributed by atoms with Crippen molar-refractivity contribution in [2.75, 3.05) is 18.5 Å². The third kappa shape index (κ3) is 4.01. The lowest BCUT2D eigenvalue weighted by Crippen LogP contribution is -2.16. The van der Waals surface area contributed by atoms with E-state index < -0.39 is 0 Å². The number of hydrogen-bond acceptors (Lipinski definition) is 6. The second-order valence-corrected chi connectivity index (χ2v) is 4.90. The van der Waals surface area contributed by atoms with Crippen molar-refractivity contribution in [1.82, 2.24) is 20.0 Å². The SMILES string of the molecule is CC(C)c1cc(C(=O)OCCNc2cccnn2)n(C)n1. The van der Waals surface area contributed by atoms with Gasteiger partial charge in [-0.1, -0.05) is 13.8 Å². The molecule has 21 heavy (non-hydrogen) atoms. The van der Waals surface area contributed by atoms with Crippen LogP contribution in [0.1, 0.15) is 35.9 Å². The van der Waals surface area contributed by atoms with Crippen LogP contribution >= 0.6 is 0 Å². The lowest BCUT2D eigenvalue weighted by atomic mass is 10.1. The first-order valence-electron chi connectivity index (χ1n) is 6.80. The number of aryl methyl sites for hydroxylation is 1. The summed E-state index contributed by atoms with van der Waals surface area (Å²) in [4.78, 5) is 12.0. The van der Waals surface area contributed by atoms with E-state index in [9.17, 15) is 4.79 Å². The molecule has 2 aromatic rings. The fourth-order valence-electron chi connectivity index (χ4n) is 1.76. The summed E-state index contributed by atoms with van der Waals surface area (Å²) >= 11 is 0. The molecule has 0 fully saturated rings. The molecule has 2 aromatic heterocycles. The van der Waals surface area contributed by atoms with E-state index in [2.05, 4.69) is 20.6 Å². The first kappa shape index (κ1) is 15.0. The summed E-state index contributed by atoms with van der Waals surface area (Å²) in [5.41, 5.74) is 1.33. The van der Waals surface area contributed by atoms with E-state index in [0.717, 1.165) is 5.69 Å². The molecule has 2 heterocycles.